The van der Waals surface area contributed by atoms with Crippen molar-refractivity contribution in [1.82, 2.24) is 19.6 Å². The fraction of sp³-hybridized carbons (Fsp3) is 0.200. The maximum atomic E-state index is 13.6. The topological polar surface area (TPSA) is 138 Å². The molecular weight excluding hydrogens is 730 g/mol. The van der Waals surface area contributed by atoms with E-state index in [1.807, 2.05) is 12.1 Å². The number of carbonyl (C=O) groups excluding carboxylic acids is 2. The Morgan fingerprint density at radius 2 is 1.16 bits per heavy atom. The summed E-state index contributed by atoms with van der Waals surface area (Å²) in [5, 5.41) is 32.9. The molecule has 0 unspecified atom stereocenters. The van der Waals surface area contributed by atoms with Gasteiger partial charge in [-0.3, -0.25) is 9.36 Å². The van der Waals surface area contributed by atoms with Crippen LogP contribution in [0.15, 0.2) is 84.9 Å². The van der Waals surface area contributed by atoms with Crippen molar-refractivity contribution in [3.8, 4) is 0 Å². The number of benzene rings is 4. The summed E-state index contributed by atoms with van der Waals surface area (Å²) < 4.78 is 19.9. The van der Waals surface area contributed by atoms with Gasteiger partial charge in [0.15, 0.2) is 23.8 Å². The Hall–Kier alpha value is -4.20. The van der Waals surface area contributed by atoms with Crippen LogP contribution in [0.25, 0.3) is 21.8 Å². The lowest BCUT2D eigenvalue weighted by molar-refractivity contribution is -0.133. The van der Waals surface area contributed by atoms with E-state index in [1.165, 1.54) is 0 Å². The molecule has 2 N–H and O–H groups in total. The number of carbonyl (C=O) groups is 2. The highest BCUT2D eigenvalue weighted by molar-refractivity contribution is 6.35. The van der Waals surface area contributed by atoms with E-state index in [0.29, 0.717) is 41.9 Å². The van der Waals surface area contributed by atoms with Crippen molar-refractivity contribution in [2.24, 2.45) is 0 Å². The van der Waals surface area contributed by atoms with Gasteiger partial charge in [-0.1, -0.05) is 82.8 Å². The first-order valence-electron chi connectivity index (χ1n) is 15.2. The number of nitrogens with zero attached hydrogens (tertiary/aromatic N) is 4. The van der Waals surface area contributed by atoms with Crippen LogP contribution in [0.3, 0.4) is 0 Å². The molecule has 4 atom stereocenters. The third-order valence-corrected chi connectivity index (χ3v) is 9.02. The molecule has 1 saturated heterocycles. The van der Waals surface area contributed by atoms with Crippen LogP contribution in [0.2, 0.25) is 20.1 Å². The van der Waals surface area contributed by atoms with Crippen LogP contribution in [-0.2, 0) is 27.3 Å². The first-order chi connectivity index (χ1) is 24.0. The Bertz CT molecular complexity index is 2220. The number of fused-ring (bicyclic) bond motifs is 2. The third kappa shape index (κ3) is 7.03. The Kier molecular flexibility index (Phi) is 9.73. The average Bonchev–Trinajstić information content (AvgIpc) is 3.71. The molecule has 50 heavy (non-hydrogen) atoms. The Morgan fingerprint density at radius 3 is 1.66 bits per heavy atom. The number of aromatic nitrogens is 4. The molecule has 11 nitrogen and oxygen atoms in total. The molecule has 7 rings (SSSR count). The van der Waals surface area contributed by atoms with Crippen molar-refractivity contribution in [1.29, 1.82) is 0 Å². The van der Waals surface area contributed by atoms with Gasteiger partial charge in [-0.15, -0.1) is 0 Å². The summed E-state index contributed by atoms with van der Waals surface area (Å²) in [5.74, 6) is -1.67. The quantitative estimate of drug-likeness (QED) is 0.157. The number of esters is 2. The first kappa shape index (κ1) is 34.3. The first-order valence-corrected chi connectivity index (χ1v) is 16.8. The number of para-hydroxylation sites is 2. The average molecular weight is 756 g/mol. The molecule has 1 aliphatic heterocycles. The molecule has 256 valence electrons. The minimum atomic E-state index is -1.71. The van der Waals surface area contributed by atoms with E-state index in [2.05, 4.69) is 10.2 Å². The molecule has 15 heteroatoms. The number of rotatable bonds is 9. The summed E-state index contributed by atoms with van der Waals surface area (Å²) in [4.78, 5) is 26.9. The van der Waals surface area contributed by atoms with Crippen LogP contribution < -0.4 is 0 Å². The van der Waals surface area contributed by atoms with Gasteiger partial charge in [0.2, 0.25) is 0 Å². The molecule has 0 bridgehead atoms. The lowest BCUT2D eigenvalue weighted by Gasteiger charge is -2.19. The van der Waals surface area contributed by atoms with E-state index < -0.39 is 43.1 Å². The van der Waals surface area contributed by atoms with Gasteiger partial charge < -0.3 is 24.4 Å². The van der Waals surface area contributed by atoms with E-state index in [-0.39, 0.29) is 24.5 Å². The molecule has 2 aromatic heterocycles. The Balaban J connectivity index is 1.09. The van der Waals surface area contributed by atoms with E-state index in [9.17, 15) is 19.8 Å². The second-order valence-electron chi connectivity index (χ2n) is 11.6. The molecule has 6 aromatic rings. The zero-order valence-electron chi connectivity index (χ0n) is 25.8. The van der Waals surface area contributed by atoms with Crippen molar-refractivity contribution >= 4 is 80.1 Å². The van der Waals surface area contributed by atoms with Crippen LogP contribution in [-0.4, -0.2) is 72.9 Å². The predicted molar refractivity (Wildman–Crippen MR) is 187 cm³/mol. The van der Waals surface area contributed by atoms with Crippen LogP contribution in [0.5, 0.6) is 0 Å². The molecule has 0 radical (unpaired) electrons. The van der Waals surface area contributed by atoms with Crippen molar-refractivity contribution in [2.45, 2.75) is 37.7 Å². The van der Waals surface area contributed by atoms with Crippen molar-refractivity contribution in [3.63, 3.8) is 0 Å². The normalized spacial score (nSPS) is 18.9. The van der Waals surface area contributed by atoms with E-state index in [0.717, 1.165) is 11.1 Å². The standard InChI is InChI=1S/C35H26Cl4N4O7/c36-20-9-18(10-21(37)13-20)15-42-26-7-3-1-5-24(26)29(40-42)33(45)48-17-28-32(31(44)35(47)49-28)50-34(46)30-25-6-2-4-8-27(25)43(41-30)16-19-11-22(38)14-23(39)12-19/h1-14,28,31-32,35,44,47H,15-17H2/t28-,31-,32+,35-/m1/s1. The SMILES string of the molecule is O=C(OC[C@H]1O[C@@H](O)[C@H](O)[C@H]1OC(=O)c1nn(Cc2cc(Cl)cc(Cl)c2)c2ccccc12)c1nn(Cc2cc(Cl)cc(Cl)c2)c2ccccc12. The minimum absolute atomic E-state index is 0.0272. The van der Waals surface area contributed by atoms with Crippen molar-refractivity contribution < 1.29 is 34.0 Å². The molecule has 3 heterocycles. The smallest absolute Gasteiger partial charge is 0.359 e. The lowest BCUT2D eigenvalue weighted by atomic mass is 10.1. The second kappa shape index (κ2) is 14.2. The van der Waals surface area contributed by atoms with Gasteiger partial charge in [-0.2, -0.15) is 10.2 Å². The molecule has 1 fully saturated rings. The van der Waals surface area contributed by atoms with Crippen molar-refractivity contribution in [3.05, 3.63) is 128 Å². The van der Waals surface area contributed by atoms with Gasteiger partial charge in [-0.05, 0) is 59.7 Å². The van der Waals surface area contributed by atoms with Gasteiger partial charge in [0, 0.05) is 30.9 Å². The summed E-state index contributed by atoms with van der Waals surface area (Å²) in [6.07, 6.45) is -5.95. The number of aliphatic hydroxyl groups is 2. The van der Waals surface area contributed by atoms with Gasteiger partial charge in [0.1, 0.15) is 18.8 Å². The molecular formula is C35H26Cl4N4O7. The summed E-state index contributed by atoms with van der Waals surface area (Å²) in [6.45, 7) is 0.0476. The van der Waals surface area contributed by atoms with E-state index >= 15 is 0 Å². The third-order valence-electron chi connectivity index (χ3n) is 8.14. The van der Waals surface area contributed by atoms with Crippen LogP contribution >= 0.6 is 46.4 Å². The Labute approximate surface area is 304 Å². The number of halogens is 4. The van der Waals surface area contributed by atoms with Crippen LogP contribution in [0.4, 0.5) is 0 Å². The van der Waals surface area contributed by atoms with E-state index in [4.69, 9.17) is 60.6 Å². The van der Waals surface area contributed by atoms with Crippen LogP contribution in [0.1, 0.15) is 32.1 Å². The maximum absolute atomic E-state index is 13.6. The van der Waals surface area contributed by atoms with E-state index in [1.54, 1.807) is 82.2 Å². The van der Waals surface area contributed by atoms with Crippen LogP contribution in [0, 0.1) is 0 Å². The molecule has 0 amide bonds. The lowest BCUT2D eigenvalue weighted by Crippen LogP contribution is -2.39. The highest BCUT2D eigenvalue weighted by atomic mass is 35.5. The zero-order chi connectivity index (χ0) is 35.1. The second-order valence-corrected chi connectivity index (χ2v) is 13.4. The maximum Gasteiger partial charge on any atom is 0.359 e. The monoisotopic (exact) mass is 754 g/mol. The Morgan fingerprint density at radius 1 is 0.700 bits per heavy atom. The number of hydrogen-bond donors (Lipinski definition) is 2. The van der Waals surface area contributed by atoms with Gasteiger partial charge in [0.05, 0.1) is 24.1 Å². The largest absolute Gasteiger partial charge is 0.458 e. The van der Waals surface area contributed by atoms with Gasteiger partial charge >= 0.3 is 11.9 Å². The number of aliphatic hydroxyl groups excluding tert-OH is 2. The fourth-order valence-electron chi connectivity index (χ4n) is 5.95. The molecule has 0 aliphatic carbocycles. The zero-order valence-corrected chi connectivity index (χ0v) is 28.8. The summed E-state index contributed by atoms with van der Waals surface area (Å²) in [7, 11) is 0. The summed E-state index contributed by atoms with van der Waals surface area (Å²) in [5.41, 5.74) is 2.82. The highest BCUT2D eigenvalue weighted by Gasteiger charge is 2.47. The molecule has 0 spiro atoms. The molecule has 1 aliphatic rings. The predicted octanol–water partition coefficient (Wildman–Crippen LogP) is 6.56. The summed E-state index contributed by atoms with van der Waals surface area (Å²) in [6, 6.07) is 24.4. The summed E-state index contributed by atoms with van der Waals surface area (Å²) >= 11 is 24.7. The minimum Gasteiger partial charge on any atom is -0.458 e. The van der Waals surface area contributed by atoms with Gasteiger partial charge in [-0.25, -0.2) is 9.59 Å². The van der Waals surface area contributed by atoms with Gasteiger partial charge in [0.25, 0.3) is 0 Å². The highest BCUT2D eigenvalue weighted by Crippen LogP contribution is 2.29. The number of hydrogen-bond acceptors (Lipinski definition) is 9. The number of ether oxygens (including phenoxy) is 3. The molecule has 0 saturated carbocycles. The fourth-order valence-corrected chi connectivity index (χ4v) is 7.09. The van der Waals surface area contributed by atoms with Crippen molar-refractivity contribution in [2.75, 3.05) is 6.61 Å². The molecule has 4 aromatic carbocycles.